The molecule has 5 rings (SSSR count). The Morgan fingerprint density at radius 3 is 2.47 bits per heavy atom. The lowest BCUT2D eigenvalue weighted by Gasteiger charge is -2.45. The number of carbonyl (C=O) groups excluding carboxylic acids is 1. The maximum atomic E-state index is 13.6. The fourth-order valence-corrected chi connectivity index (χ4v) is 4.77. The first kappa shape index (κ1) is 21.1. The van der Waals surface area contributed by atoms with Crippen LogP contribution in [0.25, 0.3) is 0 Å². The average molecular weight is 457 g/mol. The van der Waals surface area contributed by atoms with E-state index in [2.05, 4.69) is 14.8 Å². The summed E-state index contributed by atoms with van der Waals surface area (Å²) in [7, 11) is 0. The van der Waals surface area contributed by atoms with Gasteiger partial charge in [0.2, 0.25) is 5.96 Å². The van der Waals surface area contributed by atoms with Crippen molar-refractivity contribution in [3.05, 3.63) is 81.5 Å². The molecular weight excluding hydrogens is 434 g/mol. The van der Waals surface area contributed by atoms with Crippen LogP contribution in [0.3, 0.4) is 0 Å². The number of fused-ring (bicyclic) bond motifs is 2. The van der Waals surface area contributed by atoms with Gasteiger partial charge in [-0.1, -0.05) is 23.7 Å². The molecule has 0 fully saturated rings. The van der Waals surface area contributed by atoms with Crippen LogP contribution in [-0.4, -0.2) is 52.7 Å². The van der Waals surface area contributed by atoms with E-state index in [-0.39, 0.29) is 5.91 Å². The van der Waals surface area contributed by atoms with E-state index < -0.39 is 11.6 Å². The van der Waals surface area contributed by atoms with Crippen LogP contribution in [0.1, 0.15) is 24.0 Å². The minimum atomic E-state index is -0.589. The molecular formula is C24H23ClF2N4O. The van der Waals surface area contributed by atoms with E-state index >= 15 is 0 Å². The molecule has 1 amide bonds. The second-order valence-electron chi connectivity index (χ2n) is 8.37. The summed E-state index contributed by atoms with van der Waals surface area (Å²) in [4.78, 5) is 24.3. The summed E-state index contributed by atoms with van der Waals surface area (Å²) >= 11 is 6.01. The number of benzene rings is 2. The van der Waals surface area contributed by atoms with Crippen LogP contribution in [0.4, 0.5) is 8.78 Å². The molecule has 0 atom stereocenters. The number of carbonyl (C=O) groups is 1. The van der Waals surface area contributed by atoms with Crippen molar-refractivity contribution in [1.29, 1.82) is 0 Å². The number of guanidine groups is 1. The summed E-state index contributed by atoms with van der Waals surface area (Å²) in [5.41, 5.74) is 3.31. The predicted octanol–water partition coefficient (Wildman–Crippen LogP) is 4.18. The largest absolute Gasteiger partial charge is 0.315 e. The average Bonchev–Trinajstić information content (AvgIpc) is 2.77. The quantitative estimate of drug-likeness (QED) is 0.692. The molecule has 5 nitrogen and oxygen atoms in total. The molecule has 0 aliphatic carbocycles. The molecule has 3 heterocycles. The minimum Gasteiger partial charge on any atom is -0.315 e. The zero-order valence-corrected chi connectivity index (χ0v) is 18.3. The van der Waals surface area contributed by atoms with Crippen molar-refractivity contribution >= 4 is 23.5 Å². The zero-order valence-electron chi connectivity index (χ0n) is 17.5. The fourth-order valence-electron chi connectivity index (χ4n) is 4.64. The zero-order chi connectivity index (χ0) is 22.2. The van der Waals surface area contributed by atoms with Gasteiger partial charge in [0.05, 0.1) is 12.1 Å². The number of aliphatic imine (C=N–C) groups is 1. The normalized spacial score (nSPS) is 19.1. The molecule has 32 heavy (non-hydrogen) atoms. The van der Waals surface area contributed by atoms with E-state index in [4.69, 9.17) is 11.6 Å². The first-order valence-corrected chi connectivity index (χ1v) is 11.1. The van der Waals surface area contributed by atoms with Crippen molar-refractivity contribution in [3.63, 3.8) is 0 Å². The van der Waals surface area contributed by atoms with E-state index in [1.165, 1.54) is 12.1 Å². The molecule has 3 aliphatic heterocycles. The number of hydrogen-bond donors (Lipinski definition) is 0. The number of halogens is 3. The topological polar surface area (TPSA) is 39.2 Å². The van der Waals surface area contributed by atoms with Gasteiger partial charge in [0.25, 0.3) is 5.91 Å². The molecule has 3 aliphatic rings. The second-order valence-corrected chi connectivity index (χ2v) is 8.80. The number of amides is 1. The van der Waals surface area contributed by atoms with Crippen molar-refractivity contribution in [2.24, 2.45) is 4.99 Å². The Kier molecular flexibility index (Phi) is 5.69. The summed E-state index contributed by atoms with van der Waals surface area (Å²) in [6.07, 6.45) is 1.64. The molecule has 2 aromatic carbocycles. The third kappa shape index (κ3) is 4.14. The summed E-state index contributed by atoms with van der Waals surface area (Å²) in [6, 6.07) is 11.0. The summed E-state index contributed by atoms with van der Waals surface area (Å²) in [5, 5.41) is 0.650. The van der Waals surface area contributed by atoms with Crippen LogP contribution in [0.5, 0.6) is 0 Å². The van der Waals surface area contributed by atoms with Crippen molar-refractivity contribution in [1.82, 2.24) is 14.7 Å². The van der Waals surface area contributed by atoms with Gasteiger partial charge in [-0.25, -0.2) is 8.78 Å². The highest BCUT2D eigenvalue weighted by molar-refractivity contribution is 6.30. The Hall–Kier alpha value is -2.77. The van der Waals surface area contributed by atoms with E-state index in [1.54, 1.807) is 4.90 Å². The first-order valence-electron chi connectivity index (χ1n) is 10.8. The molecule has 0 saturated carbocycles. The third-order valence-electron chi connectivity index (χ3n) is 6.08. The van der Waals surface area contributed by atoms with Crippen LogP contribution in [0.15, 0.2) is 58.7 Å². The molecule has 0 N–H and O–H groups in total. The molecule has 166 valence electrons. The molecule has 0 spiro atoms. The van der Waals surface area contributed by atoms with Gasteiger partial charge >= 0.3 is 0 Å². The summed E-state index contributed by atoms with van der Waals surface area (Å²) in [6.45, 7) is 3.49. The molecule has 0 aromatic heterocycles. The highest BCUT2D eigenvalue weighted by atomic mass is 35.5. The molecule has 0 unspecified atom stereocenters. The SMILES string of the molecule is O=C1C2=C(CCN(Cc3cc(F)cc(F)c3)C2)N2CCCN=C2N1Cc1ccc(Cl)cc1. The van der Waals surface area contributed by atoms with Gasteiger partial charge in [0, 0.05) is 55.9 Å². The molecule has 0 bridgehead atoms. The van der Waals surface area contributed by atoms with Gasteiger partial charge in [0.1, 0.15) is 11.6 Å². The highest BCUT2D eigenvalue weighted by Gasteiger charge is 2.40. The third-order valence-corrected chi connectivity index (χ3v) is 6.33. The van der Waals surface area contributed by atoms with E-state index in [9.17, 15) is 13.6 Å². The van der Waals surface area contributed by atoms with Gasteiger partial charge in [-0.3, -0.25) is 19.6 Å². The lowest BCUT2D eigenvalue weighted by Crippen LogP contribution is -2.56. The van der Waals surface area contributed by atoms with E-state index in [0.29, 0.717) is 49.7 Å². The Bertz CT molecular complexity index is 1100. The Labute approximate surface area is 190 Å². The second kappa shape index (κ2) is 8.64. The molecule has 0 radical (unpaired) electrons. The molecule has 2 aromatic rings. The van der Waals surface area contributed by atoms with Crippen LogP contribution in [0.2, 0.25) is 5.02 Å². The van der Waals surface area contributed by atoms with Gasteiger partial charge in [-0.05, 0) is 41.8 Å². The van der Waals surface area contributed by atoms with Crippen molar-refractivity contribution in [2.75, 3.05) is 26.2 Å². The maximum absolute atomic E-state index is 13.6. The van der Waals surface area contributed by atoms with Crippen LogP contribution in [-0.2, 0) is 17.9 Å². The van der Waals surface area contributed by atoms with Crippen LogP contribution < -0.4 is 0 Å². The van der Waals surface area contributed by atoms with Crippen LogP contribution >= 0.6 is 11.6 Å². The van der Waals surface area contributed by atoms with Crippen LogP contribution in [0, 0.1) is 11.6 Å². The smallest absolute Gasteiger partial charge is 0.259 e. The number of rotatable bonds is 4. The lowest BCUT2D eigenvalue weighted by molar-refractivity contribution is -0.125. The monoisotopic (exact) mass is 456 g/mol. The molecule has 8 heteroatoms. The Balaban J connectivity index is 1.41. The number of hydrogen-bond acceptors (Lipinski definition) is 4. The molecule has 0 saturated heterocycles. The summed E-state index contributed by atoms with van der Waals surface area (Å²) in [5.74, 6) is -0.513. The summed E-state index contributed by atoms with van der Waals surface area (Å²) < 4.78 is 27.2. The fraction of sp³-hybridized carbons (Fsp3) is 0.333. The van der Waals surface area contributed by atoms with Crippen molar-refractivity contribution < 1.29 is 13.6 Å². The Morgan fingerprint density at radius 2 is 1.72 bits per heavy atom. The number of nitrogens with zero attached hydrogens (tertiary/aromatic N) is 4. The van der Waals surface area contributed by atoms with Gasteiger partial charge in [-0.15, -0.1) is 0 Å². The highest BCUT2D eigenvalue weighted by Crippen LogP contribution is 2.32. The van der Waals surface area contributed by atoms with Crippen molar-refractivity contribution in [2.45, 2.75) is 25.9 Å². The lowest BCUT2D eigenvalue weighted by atomic mass is 9.99. The Morgan fingerprint density at radius 1 is 0.969 bits per heavy atom. The maximum Gasteiger partial charge on any atom is 0.259 e. The predicted molar refractivity (Wildman–Crippen MR) is 119 cm³/mol. The standard InChI is InChI=1S/C24H23ClF2N4O/c25-18-4-2-16(3-5-18)14-31-23(32)21-15-29(13-17-10-19(26)12-20(27)11-17)9-6-22(21)30-8-1-7-28-24(30)31/h2-5,10-12H,1,6-9,13-15H2. The van der Waals surface area contributed by atoms with Crippen molar-refractivity contribution in [3.8, 4) is 0 Å². The van der Waals surface area contributed by atoms with E-state index in [0.717, 1.165) is 41.8 Å². The first-order chi connectivity index (χ1) is 15.5. The van der Waals surface area contributed by atoms with Gasteiger partial charge in [-0.2, -0.15) is 0 Å². The van der Waals surface area contributed by atoms with E-state index in [1.807, 2.05) is 24.3 Å². The minimum absolute atomic E-state index is 0.0537. The van der Waals surface area contributed by atoms with Gasteiger partial charge in [0.15, 0.2) is 0 Å². The van der Waals surface area contributed by atoms with Gasteiger partial charge < -0.3 is 4.90 Å².